The maximum Gasteiger partial charge on any atom is 0.337 e. The number of nitrogens with zero attached hydrogens (tertiary/aromatic N) is 1. The summed E-state index contributed by atoms with van der Waals surface area (Å²) in [6.07, 6.45) is 0. The summed E-state index contributed by atoms with van der Waals surface area (Å²) < 4.78 is 26.2. The van der Waals surface area contributed by atoms with E-state index in [0.717, 1.165) is 15.9 Å². The van der Waals surface area contributed by atoms with Crippen molar-refractivity contribution in [1.82, 2.24) is 4.31 Å². The predicted octanol–water partition coefficient (Wildman–Crippen LogP) is 1.85. The number of nitrogens with two attached hydrogens (primary N) is 1. The topological polar surface area (TPSA) is 101 Å². The number of carboxylic acid groups (broad SMARTS) is 1. The molecule has 3 N–H and O–H groups in total. The van der Waals surface area contributed by atoms with E-state index in [9.17, 15) is 13.2 Å². The summed E-state index contributed by atoms with van der Waals surface area (Å²) in [5.41, 5.74) is 6.24. The van der Waals surface area contributed by atoms with Crippen LogP contribution in [0.4, 0.5) is 5.69 Å². The second-order valence-corrected chi connectivity index (χ2v) is 7.25. The summed E-state index contributed by atoms with van der Waals surface area (Å²) in [5, 5.41) is 12.8. The third-order valence-corrected chi connectivity index (χ3v) is 5.50. The minimum Gasteiger partial charge on any atom is -0.478 e. The molecule has 6 nitrogen and oxygen atoms in total. The lowest BCUT2D eigenvalue weighted by Gasteiger charge is -2.18. The molecule has 0 saturated heterocycles. The normalized spacial score (nSPS) is 11.7. The number of benzene rings is 1. The number of anilines is 1. The van der Waals surface area contributed by atoms with E-state index < -0.39 is 16.0 Å². The molecule has 0 saturated carbocycles. The Morgan fingerprint density at radius 1 is 1.38 bits per heavy atom. The zero-order chi connectivity index (χ0) is 15.6. The summed E-state index contributed by atoms with van der Waals surface area (Å²) in [4.78, 5) is 11.0. The highest BCUT2D eigenvalue weighted by atomic mass is 32.2. The first kappa shape index (κ1) is 15.5. The van der Waals surface area contributed by atoms with Gasteiger partial charge in [-0.05, 0) is 40.6 Å². The van der Waals surface area contributed by atoms with Crippen LogP contribution in [-0.4, -0.2) is 30.8 Å². The van der Waals surface area contributed by atoms with Gasteiger partial charge in [0, 0.05) is 19.3 Å². The summed E-state index contributed by atoms with van der Waals surface area (Å²) >= 11 is 1.47. The van der Waals surface area contributed by atoms with Crippen molar-refractivity contribution >= 4 is 33.0 Å². The lowest BCUT2D eigenvalue weighted by molar-refractivity contribution is 0.0692. The molecule has 1 aromatic carbocycles. The van der Waals surface area contributed by atoms with Gasteiger partial charge in [0.05, 0.1) is 10.5 Å². The van der Waals surface area contributed by atoms with Gasteiger partial charge >= 0.3 is 5.97 Å². The molecule has 0 bridgehead atoms. The summed E-state index contributed by atoms with van der Waals surface area (Å²) in [6.45, 7) is 0.176. The fraction of sp³-hybridized carbons (Fsp3) is 0.154. The van der Waals surface area contributed by atoms with E-state index in [2.05, 4.69) is 0 Å². The van der Waals surface area contributed by atoms with Gasteiger partial charge in [0.15, 0.2) is 0 Å². The number of thiophene rings is 1. The van der Waals surface area contributed by atoms with Crippen molar-refractivity contribution in [2.24, 2.45) is 0 Å². The Balaban J connectivity index is 2.41. The molecule has 21 heavy (non-hydrogen) atoms. The van der Waals surface area contributed by atoms with Gasteiger partial charge in [0.25, 0.3) is 0 Å². The first-order valence-electron chi connectivity index (χ1n) is 5.92. The van der Waals surface area contributed by atoms with Gasteiger partial charge in [-0.25, -0.2) is 13.2 Å². The quantitative estimate of drug-likeness (QED) is 0.817. The van der Waals surface area contributed by atoms with Crippen LogP contribution in [-0.2, 0) is 16.6 Å². The van der Waals surface area contributed by atoms with Crippen LogP contribution in [0.1, 0.15) is 15.9 Å². The number of carbonyl (C=O) groups is 1. The number of hydrogen-bond donors (Lipinski definition) is 2. The molecular formula is C13H14N2O4S2. The molecule has 0 amide bonds. The Labute approximate surface area is 126 Å². The van der Waals surface area contributed by atoms with Crippen LogP contribution in [0.25, 0.3) is 0 Å². The Morgan fingerprint density at radius 2 is 2.10 bits per heavy atom. The molecule has 2 aromatic rings. The molecule has 0 atom stereocenters. The SMILES string of the molecule is CN(Cc1ccsc1)S(=O)(=O)c1ccc(N)cc1C(=O)O. The van der Waals surface area contributed by atoms with Crippen LogP contribution in [0.5, 0.6) is 0 Å². The van der Waals surface area contributed by atoms with Gasteiger partial charge < -0.3 is 10.8 Å². The van der Waals surface area contributed by atoms with Gasteiger partial charge in [-0.1, -0.05) is 0 Å². The highest BCUT2D eigenvalue weighted by Gasteiger charge is 2.26. The van der Waals surface area contributed by atoms with E-state index in [0.29, 0.717) is 0 Å². The van der Waals surface area contributed by atoms with Crippen LogP contribution < -0.4 is 5.73 Å². The number of nitrogen functional groups attached to an aromatic ring is 1. The molecule has 1 heterocycles. The minimum absolute atomic E-state index is 0.176. The van der Waals surface area contributed by atoms with Crippen molar-refractivity contribution in [2.45, 2.75) is 11.4 Å². The van der Waals surface area contributed by atoms with Crippen LogP contribution in [0, 0.1) is 0 Å². The van der Waals surface area contributed by atoms with Crippen LogP contribution in [0.2, 0.25) is 0 Å². The molecule has 0 aliphatic carbocycles. The number of sulfonamides is 1. The van der Waals surface area contributed by atoms with E-state index in [-0.39, 0.29) is 22.7 Å². The molecule has 0 aliphatic rings. The molecule has 2 rings (SSSR count). The lowest BCUT2D eigenvalue weighted by Crippen LogP contribution is -2.28. The van der Waals surface area contributed by atoms with Gasteiger partial charge in [-0.15, -0.1) is 0 Å². The monoisotopic (exact) mass is 326 g/mol. The van der Waals surface area contributed by atoms with Crippen LogP contribution in [0.15, 0.2) is 39.9 Å². The molecule has 0 spiro atoms. The van der Waals surface area contributed by atoms with Crippen molar-refractivity contribution < 1.29 is 18.3 Å². The highest BCUT2D eigenvalue weighted by molar-refractivity contribution is 7.89. The zero-order valence-corrected chi connectivity index (χ0v) is 12.8. The van der Waals surface area contributed by atoms with Crippen molar-refractivity contribution in [2.75, 3.05) is 12.8 Å². The van der Waals surface area contributed by atoms with Crippen molar-refractivity contribution in [3.05, 3.63) is 46.2 Å². The number of carboxylic acids is 1. The largest absolute Gasteiger partial charge is 0.478 e. The number of rotatable bonds is 5. The number of aromatic carboxylic acids is 1. The predicted molar refractivity (Wildman–Crippen MR) is 80.8 cm³/mol. The average molecular weight is 326 g/mol. The Bertz CT molecular complexity index is 754. The fourth-order valence-corrected chi connectivity index (χ4v) is 3.81. The van der Waals surface area contributed by atoms with Crippen molar-refractivity contribution in [3.63, 3.8) is 0 Å². The summed E-state index contributed by atoms with van der Waals surface area (Å²) in [7, 11) is -2.49. The van der Waals surface area contributed by atoms with E-state index in [1.807, 2.05) is 16.8 Å². The second kappa shape index (κ2) is 5.84. The zero-order valence-electron chi connectivity index (χ0n) is 11.2. The Kier molecular flexibility index (Phi) is 4.31. The van der Waals surface area contributed by atoms with Gasteiger partial charge in [0.2, 0.25) is 10.0 Å². The number of hydrogen-bond acceptors (Lipinski definition) is 5. The molecule has 0 fully saturated rings. The second-order valence-electron chi connectivity index (χ2n) is 4.45. The standard InChI is InChI=1S/C13H14N2O4S2/c1-15(7-9-4-5-20-8-9)21(18,19)12-3-2-10(14)6-11(12)13(16)17/h2-6,8H,7,14H2,1H3,(H,16,17). The average Bonchev–Trinajstić information content (AvgIpc) is 2.91. The summed E-state index contributed by atoms with van der Waals surface area (Å²) in [5.74, 6) is -1.33. The molecule has 0 unspecified atom stereocenters. The highest BCUT2D eigenvalue weighted by Crippen LogP contribution is 2.23. The maximum absolute atomic E-state index is 12.5. The van der Waals surface area contributed by atoms with E-state index in [4.69, 9.17) is 10.8 Å². The van der Waals surface area contributed by atoms with Gasteiger partial charge in [-0.3, -0.25) is 0 Å². The van der Waals surface area contributed by atoms with Crippen LogP contribution in [0.3, 0.4) is 0 Å². The molecular weight excluding hydrogens is 312 g/mol. The smallest absolute Gasteiger partial charge is 0.337 e. The third-order valence-electron chi connectivity index (χ3n) is 2.91. The molecule has 0 radical (unpaired) electrons. The van der Waals surface area contributed by atoms with Gasteiger partial charge in [-0.2, -0.15) is 15.6 Å². The molecule has 112 valence electrons. The third kappa shape index (κ3) is 3.23. The lowest BCUT2D eigenvalue weighted by atomic mass is 10.2. The molecule has 8 heteroatoms. The van der Waals surface area contributed by atoms with Crippen molar-refractivity contribution in [1.29, 1.82) is 0 Å². The van der Waals surface area contributed by atoms with E-state index in [1.54, 1.807) is 0 Å². The fourth-order valence-electron chi connectivity index (χ4n) is 1.83. The van der Waals surface area contributed by atoms with Crippen LogP contribution >= 0.6 is 11.3 Å². The Hall–Kier alpha value is -1.90. The van der Waals surface area contributed by atoms with E-state index in [1.165, 1.54) is 30.5 Å². The first-order chi connectivity index (χ1) is 9.82. The summed E-state index contributed by atoms with van der Waals surface area (Å²) in [6, 6.07) is 5.56. The van der Waals surface area contributed by atoms with E-state index >= 15 is 0 Å². The first-order valence-corrected chi connectivity index (χ1v) is 8.31. The maximum atomic E-state index is 12.5. The van der Waals surface area contributed by atoms with Gasteiger partial charge in [0.1, 0.15) is 0 Å². The minimum atomic E-state index is -3.91. The van der Waals surface area contributed by atoms with Crippen molar-refractivity contribution in [3.8, 4) is 0 Å². The molecule has 1 aromatic heterocycles. The molecule has 0 aliphatic heterocycles. The Morgan fingerprint density at radius 3 is 2.67 bits per heavy atom.